The normalized spacial score (nSPS) is 28.1. The van der Waals surface area contributed by atoms with Gasteiger partial charge < -0.3 is 24.6 Å². The van der Waals surface area contributed by atoms with Gasteiger partial charge in [-0.3, -0.25) is 4.79 Å². The summed E-state index contributed by atoms with van der Waals surface area (Å²) in [5.74, 6) is 1.78. The van der Waals surface area contributed by atoms with Crippen LogP contribution in [0.2, 0.25) is 0 Å². The molecule has 180 valence electrons. The molecule has 2 aliphatic heterocycles. The molecule has 4 N–H and O–H groups in total. The predicted octanol–water partition coefficient (Wildman–Crippen LogP) is 2.56. The van der Waals surface area contributed by atoms with Gasteiger partial charge in [0.15, 0.2) is 17.3 Å². The highest BCUT2D eigenvalue weighted by Crippen LogP contribution is 2.48. The van der Waals surface area contributed by atoms with E-state index in [0.29, 0.717) is 30.9 Å². The summed E-state index contributed by atoms with van der Waals surface area (Å²) in [5.41, 5.74) is 9.83. The molecule has 3 aliphatic rings. The zero-order valence-corrected chi connectivity index (χ0v) is 19.6. The van der Waals surface area contributed by atoms with E-state index in [1.54, 1.807) is 14.2 Å². The molecule has 8 nitrogen and oxygen atoms in total. The van der Waals surface area contributed by atoms with Crippen molar-refractivity contribution in [3.8, 4) is 17.2 Å². The van der Waals surface area contributed by atoms with E-state index >= 15 is 0 Å². The first-order chi connectivity index (χ1) is 16.5. The summed E-state index contributed by atoms with van der Waals surface area (Å²) < 4.78 is 16.4. The average Bonchev–Trinajstić information content (AvgIpc) is 3.23. The minimum atomic E-state index is -0.778. The number of hydrazine groups is 1. The number of benzene rings is 2. The number of rotatable bonds is 6. The molecule has 5 rings (SSSR count). The fourth-order valence-corrected chi connectivity index (χ4v) is 5.53. The van der Waals surface area contributed by atoms with Gasteiger partial charge >= 0.3 is 0 Å². The Labute approximate surface area is 199 Å². The van der Waals surface area contributed by atoms with E-state index in [1.807, 2.05) is 49.4 Å². The molecule has 0 aromatic heterocycles. The van der Waals surface area contributed by atoms with Gasteiger partial charge in [0.1, 0.15) is 12.0 Å². The highest BCUT2D eigenvalue weighted by atomic mass is 16.5. The van der Waals surface area contributed by atoms with E-state index in [-0.39, 0.29) is 29.7 Å². The molecule has 3 unspecified atom stereocenters. The van der Waals surface area contributed by atoms with Crippen molar-refractivity contribution in [1.82, 2.24) is 16.2 Å². The van der Waals surface area contributed by atoms with Crippen molar-refractivity contribution in [1.29, 1.82) is 0 Å². The highest BCUT2D eigenvalue weighted by Gasteiger charge is 2.49. The van der Waals surface area contributed by atoms with Crippen molar-refractivity contribution in [2.24, 2.45) is 5.92 Å². The number of fused-ring (bicyclic) bond motifs is 1. The van der Waals surface area contributed by atoms with Crippen LogP contribution in [-0.2, 0) is 4.79 Å². The fourth-order valence-electron chi connectivity index (χ4n) is 5.53. The van der Waals surface area contributed by atoms with Gasteiger partial charge in [0.05, 0.1) is 27.0 Å². The Bertz CT molecular complexity index is 1100. The SMILES string of the molecule is CCOc1ccc([C@@H]2C3=C(C[C@@H](c4ccc(OC)c(OC)c4)CC3=O)NC3NNC(O)C32)cc1. The van der Waals surface area contributed by atoms with Gasteiger partial charge in [-0.1, -0.05) is 18.2 Å². The number of carbonyl (C=O) groups is 1. The molecule has 2 aromatic rings. The number of aliphatic hydroxyl groups excluding tert-OH is 1. The Kier molecular flexibility index (Phi) is 6.20. The number of aliphatic hydroxyl groups is 1. The molecule has 1 aliphatic carbocycles. The lowest BCUT2D eigenvalue weighted by Crippen LogP contribution is -2.51. The largest absolute Gasteiger partial charge is 0.494 e. The number of carbonyl (C=O) groups excluding carboxylic acids is 1. The van der Waals surface area contributed by atoms with E-state index < -0.39 is 6.23 Å². The summed E-state index contributed by atoms with van der Waals surface area (Å²) in [4.78, 5) is 13.6. The fraction of sp³-hybridized carbons (Fsp3) is 0.423. The number of hydrogen-bond acceptors (Lipinski definition) is 8. The number of ketones is 1. The third-order valence-corrected chi connectivity index (χ3v) is 7.10. The highest BCUT2D eigenvalue weighted by molar-refractivity contribution is 5.99. The van der Waals surface area contributed by atoms with E-state index in [4.69, 9.17) is 14.2 Å². The summed E-state index contributed by atoms with van der Waals surface area (Å²) in [5, 5.41) is 14.2. The Morgan fingerprint density at radius 1 is 0.971 bits per heavy atom. The van der Waals surface area contributed by atoms with Crippen LogP contribution in [0.15, 0.2) is 53.7 Å². The molecule has 0 radical (unpaired) electrons. The Morgan fingerprint density at radius 3 is 2.41 bits per heavy atom. The van der Waals surface area contributed by atoms with E-state index in [9.17, 15) is 9.90 Å². The molecule has 0 bridgehead atoms. The first-order valence-corrected chi connectivity index (χ1v) is 11.7. The minimum absolute atomic E-state index is 0.0235. The predicted molar refractivity (Wildman–Crippen MR) is 127 cm³/mol. The first kappa shape index (κ1) is 22.7. The topological polar surface area (TPSA) is 101 Å². The molecular weight excluding hydrogens is 434 g/mol. The maximum absolute atomic E-state index is 13.6. The van der Waals surface area contributed by atoms with Crippen molar-refractivity contribution >= 4 is 5.78 Å². The van der Waals surface area contributed by atoms with Crippen LogP contribution in [-0.4, -0.2) is 44.1 Å². The number of ether oxygens (including phenoxy) is 3. The van der Waals surface area contributed by atoms with Crippen molar-refractivity contribution in [2.45, 2.75) is 44.0 Å². The number of Topliss-reactive ketones (excluding diaryl/α,β-unsaturated/α-hetero) is 1. The van der Waals surface area contributed by atoms with Gasteiger partial charge in [-0.2, -0.15) is 0 Å². The van der Waals surface area contributed by atoms with Crippen LogP contribution >= 0.6 is 0 Å². The van der Waals surface area contributed by atoms with E-state index in [0.717, 1.165) is 28.1 Å². The molecular formula is C26H31N3O5. The van der Waals surface area contributed by atoms with Crippen LogP contribution < -0.4 is 30.4 Å². The second kappa shape index (κ2) is 9.29. The van der Waals surface area contributed by atoms with E-state index in [1.165, 1.54) is 0 Å². The van der Waals surface area contributed by atoms with Crippen molar-refractivity contribution < 1.29 is 24.1 Å². The van der Waals surface area contributed by atoms with Crippen LogP contribution in [0.4, 0.5) is 0 Å². The third-order valence-electron chi connectivity index (χ3n) is 7.10. The standard InChI is InChI=1S/C26H31N3O5/c1-4-34-17-8-5-14(6-9-17)22-23-18(27-25-24(22)26(31)29-28-25)11-16(12-19(23)30)15-7-10-20(32-2)21(13-15)33-3/h5-10,13,16,22,24-29,31H,4,11-12H2,1-3H3/t16-,22-,24?,25?,26?/m1/s1. The average molecular weight is 466 g/mol. The van der Waals surface area contributed by atoms with Gasteiger partial charge in [-0.25, -0.2) is 10.9 Å². The van der Waals surface area contributed by atoms with Crippen LogP contribution in [0.3, 0.4) is 0 Å². The maximum Gasteiger partial charge on any atom is 0.161 e. The number of allylic oxidation sites excluding steroid dienone is 2. The molecule has 5 atom stereocenters. The van der Waals surface area contributed by atoms with Crippen LogP contribution in [0, 0.1) is 5.92 Å². The van der Waals surface area contributed by atoms with Gasteiger partial charge in [0.2, 0.25) is 0 Å². The van der Waals surface area contributed by atoms with Crippen LogP contribution in [0.5, 0.6) is 17.2 Å². The molecule has 0 amide bonds. The van der Waals surface area contributed by atoms with Crippen LogP contribution in [0.25, 0.3) is 0 Å². The van der Waals surface area contributed by atoms with Crippen LogP contribution in [0.1, 0.15) is 42.7 Å². The van der Waals surface area contributed by atoms with Gasteiger partial charge in [0, 0.05) is 29.5 Å². The van der Waals surface area contributed by atoms with Crippen molar-refractivity contribution in [3.05, 3.63) is 64.9 Å². The lowest BCUT2D eigenvalue weighted by Gasteiger charge is -2.42. The smallest absolute Gasteiger partial charge is 0.161 e. The van der Waals surface area contributed by atoms with Gasteiger partial charge in [-0.05, 0) is 54.7 Å². The molecule has 0 spiro atoms. The molecule has 34 heavy (non-hydrogen) atoms. The van der Waals surface area contributed by atoms with Crippen molar-refractivity contribution in [3.63, 3.8) is 0 Å². The summed E-state index contributed by atoms with van der Waals surface area (Å²) in [6, 6.07) is 13.7. The molecule has 0 saturated carbocycles. The Balaban J connectivity index is 1.51. The zero-order valence-electron chi connectivity index (χ0n) is 19.6. The Hall–Kier alpha value is -3.07. The second-order valence-corrected chi connectivity index (χ2v) is 8.95. The number of hydrogen-bond donors (Lipinski definition) is 4. The molecule has 8 heteroatoms. The second-order valence-electron chi connectivity index (χ2n) is 8.95. The number of nitrogens with one attached hydrogen (secondary N) is 3. The minimum Gasteiger partial charge on any atom is -0.494 e. The molecule has 2 heterocycles. The molecule has 1 fully saturated rings. The quantitative estimate of drug-likeness (QED) is 0.517. The first-order valence-electron chi connectivity index (χ1n) is 11.7. The molecule has 1 saturated heterocycles. The third kappa shape index (κ3) is 3.91. The maximum atomic E-state index is 13.6. The summed E-state index contributed by atoms with van der Waals surface area (Å²) in [7, 11) is 3.22. The lowest BCUT2D eigenvalue weighted by molar-refractivity contribution is -0.117. The Morgan fingerprint density at radius 2 is 1.71 bits per heavy atom. The van der Waals surface area contributed by atoms with Crippen molar-refractivity contribution in [2.75, 3.05) is 20.8 Å². The monoisotopic (exact) mass is 465 g/mol. The number of methoxy groups -OCH3 is 2. The van der Waals surface area contributed by atoms with Gasteiger partial charge in [-0.15, -0.1) is 0 Å². The zero-order chi connectivity index (χ0) is 23.8. The summed E-state index contributed by atoms with van der Waals surface area (Å²) >= 11 is 0. The van der Waals surface area contributed by atoms with E-state index in [2.05, 4.69) is 16.2 Å². The summed E-state index contributed by atoms with van der Waals surface area (Å²) in [6.45, 7) is 2.54. The van der Waals surface area contributed by atoms with Gasteiger partial charge in [0.25, 0.3) is 0 Å². The summed E-state index contributed by atoms with van der Waals surface area (Å²) in [6.07, 6.45) is 0.130. The lowest BCUT2D eigenvalue weighted by atomic mass is 9.69. The molecule has 2 aromatic carbocycles.